The van der Waals surface area contributed by atoms with Crippen molar-refractivity contribution in [2.75, 3.05) is 6.79 Å². The van der Waals surface area contributed by atoms with Crippen LogP contribution >= 0.6 is 27.5 Å². The lowest BCUT2D eigenvalue weighted by Crippen LogP contribution is -2.16. The highest BCUT2D eigenvalue weighted by atomic mass is 79.9. The lowest BCUT2D eigenvalue weighted by molar-refractivity contribution is 0.0929. The van der Waals surface area contributed by atoms with Gasteiger partial charge in [0.1, 0.15) is 5.58 Å². The maximum absolute atomic E-state index is 12.2. The van der Waals surface area contributed by atoms with Crippen molar-refractivity contribution in [3.05, 3.63) is 57.2 Å². The van der Waals surface area contributed by atoms with E-state index >= 15 is 0 Å². The number of nitrogens with one attached hydrogen (secondary N) is 1. The van der Waals surface area contributed by atoms with E-state index in [2.05, 4.69) is 26.5 Å². The van der Waals surface area contributed by atoms with Crippen LogP contribution < -0.4 is 14.9 Å². The third-order valence-electron chi connectivity index (χ3n) is 3.56. The first-order valence-corrected chi connectivity index (χ1v) is 8.39. The number of hydrogen-bond donors (Lipinski definition) is 1. The molecule has 1 amide bonds. The van der Waals surface area contributed by atoms with Gasteiger partial charge in [0.25, 0.3) is 0 Å². The van der Waals surface area contributed by atoms with Crippen LogP contribution in [0, 0.1) is 0 Å². The van der Waals surface area contributed by atoms with Gasteiger partial charge in [0.2, 0.25) is 6.79 Å². The zero-order chi connectivity index (χ0) is 17.4. The van der Waals surface area contributed by atoms with Crippen LogP contribution in [-0.4, -0.2) is 18.9 Å². The van der Waals surface area contributed by atoms with Crippen molar-refractivity contribution >= 4 is 50.6 Å². The zero-order valence-corrected chi connectivity index (χ0v) is 14.9. The summed E-state index contributed by atoms with van der Waals surface area (Å²) in [5.74, 6) is 0.985. The monoisotopic (exact) mass is 420 g/mol. The van der Waals surface area contributed by atoms with E-state index in [4.69, 9.17) is 25.5 Å². The Balaban J connectivity index is 1.50. The quantitative estimate of drug-likeness (QED) is 0.504. The minimum absolute atomic E-state index is 0.152. The van der Waals surface area contributed by atoms with E-state index in [-0.39, 0.29) is 12.6 Å². The Hall–Kier alpha value is -2.51. The molecule has 0 saturated carbocycles. The molecule has 0 bridgehead atoms. The summed E-state index contributed by atoms with van der Waals surface area (Å²) in [7, 11) is 0. The molecule has 0 saturated heterocycles. The average Bonchev–Trinajstić information content (AvgIpc) is 3.20. The van der Waals surface area contributed by atoms with Crippen LogP contribution in [0.2, 0.25) is 5.02 Å². The van der Waals surface area contributed by atoms with Crippen molar-refractivity contribution in [3.8, 4) is 11.5 Å². The Morgan fingerprint density at radius 2 is 2.00 bits per heavy atom. The number of halogens is 2. The molecule has 1 N–H and O–H groups in total. The maximum Gasteiger partial charge on any atom is 0.307 e. The first-order chi connectivity index (χ1) is 12.1. The van der Waals surface area contributed by atoms with Crippen LogP contribution in [0.1, 0.15) is 16.1 Å². The second-order valence-corrected chi connectivity index (χ2v) is 6.51. The van der Waals surface area contributed by atoms with Gasteiger partial charge in [-0.05, 0) is 52.3 Å². The molecule has 2 aromatic carbocycles. The summed E-state index contributed by atoms with van der Waals surface area (Å²) >= 11 is 9.35. The van der Waals surface area contributed by atoms with Crippen molar-refractivity contribution < 1.29 is 18.7 Å². The lowest BCUT2D eigenvalue weighted by atomic mass is 10.2. The van der Waals surface area contributed by atoms with Crippen molar-refractivity contribution in [1.82, 2.24) is 5.43 Å². The van der Waals surface area contributed by atoms with Gasteiger partial charge in [-0.25, -0.2) is 5.43 Å². The number of hydrazone groups is 1. The number of carbonyl (C=O) groups is 1. The first kappa shape index (κ1) is 16.0. The summed E-state index contributed by atoms with van der Waals surface area (Å²) in [5.41, 5.74) is 3.75. The summed E-state index contributed by atoms with van der Waals surface area (Å²) in [6, 6.07) is 10.3. The van der Waals surface area contributed by atoms with Gasteiger partial charge >= 0.3 is 5.91 Å². The first-order valence-electron chi connectivity index (χ1n) is 7.22. The molecule has 1 aliphatic rings. The smallest absolute Gasteiger partial charge is 0.307 e. The molecule has 2 heterocycles. The molecule has 0 radical (unpaired) electrons. The molecule has 1 aromatic heterocycles. The summed E-state index contributed by atoms with van der Waals surface area (Å²) in [5, 5.41) is 5.28. The fourth-order valence-electron chi connectivity index (χ4n) is 2.37. The zero-order valence-electron chi connectivity index (χ0n) is 12.6. The van der Waals surface area contributed by atoms with Gasteiger partial charge < -0.3 is 13.9 Å². The second kappa shape index (κ2) is 6.42. The fourth-order valence-corrected chi connectivity index (χ4v) is 2.98. The molecule has 0 atom stereocenters. The van der Waals surface area contributed by atoms with Crippen molar-refractivity contribution in [1.29, 1.82) is 0 Å². The lowest BCUT2D eigenvalue weighted by Gasteiger charge is -2.01. The van der Waals surface area contributed by atoms with Crippen LogP contribution in [0.25, 0.3) is 11.0 Å². The number of rotatable bonds is 3. The predicted octanol–water partition coefficient (Wildman–Crippen LogP) is 4.34. The van der Waals surface area contributed by atoms with Gasteiger partial charge in [0.15, 0.2) is 17.3 Å². The Kier molecular flexibility index (Phi) is 4.10. The van der Waals surface area contributed by atoms with Gasteiger partial charge in [-0.15, -0.1) is 0 Å². The van der Waals surface area contributed by atoms with E-state index in [1.165, 1.54) is 6.21 Å². The van der Waals surface area contributed by atoms with Crippen LogP contribution in [0.15, 0.2) is 50.4 Å². The second-order valence-electron chi connectivity index (χ2n) is 5.22. The van der Waals surface area contributed by atoms with E-state index < -0.39 is 5.91 Å². The topological polar surface area (TPSA) is 73.1 Å². The van der Waals surface area contributed by atoms with E-state index in [9.17, 15) is 4.79 Å². The highest BCUT2D eigenvalue weighted by Gasteiger charge is 2.16. The summed E-state index contributed by atoms with van der Waals surface area (Å²) in [6.45, 7) is 0.190. The van der Waals surface area contributed by atoms with Crippen LogP contribution in [0.4, 0.5) is 0 Å². The summed E-state index contributed by atoms with van der Waals surface area (Å²) in [4.78, 5) is 12.2. The summed E-state index contributed by atoms with van der Waals surface area (Å²) < 4.78 is 16.9. The molecular formula is C17H10BrClN2O4. The number of nitrogens with zero attached hydrogens (tertiary/aromatic N) is 1. The van der Waals surface area contributed by atoms with E-state index in [1.807, 2.05) is 0 Å². The number of ether oxygens (including phenoxy) is 2. The van der Waals surface area contributed by atoms with Gasteiger partial charge in [-0.2, -0.15) is 5.10 Å². The van der Waals surface area contributed by atoms with Gasteiger partial charge in [-0.1, -0.05) is 11.6 Å². The molecule has 3 aromatic rings. The molecular weight excluding hydrogens is 412 g/mol. The van der Waals surface area contributed by atoms with E-state index in [0.717, 1.165) is 15.4 Å². The highest BCUT2D eigenvalue weighted by molar-refractivity contribution is 9.10. The fraction of sp³-hybridized carbons (Fsp3) is 0.0588. The van der Waals surface area contributed by atoms with Crippen LogP contribution in [0.3, 0.4) is 0 Å². The minimum Gasteiger partial charge on any atom is -0.454 e. The van der Waals surface area contributed by atoms with Crippen molar-refractivity contribution in [2.45, 2.75) is 0 Å². The number of furan rings is 1. The summed E-state index contributed by atoms with van der Waals surface area (Å²) in [6.07, 6.45) is 1.50. The molecule has 0 aliphatic carbocycles. The molecule has 8 heteroatoms. The van der Waals surface area contributed by atoms with Crippen molar-refractivity contribution in [2.24, 2.45) is 5.10 Å². The Bertz CT molecular complexity index is 1020. The van der Waals surface area contributed by atoms with Crippen LogP contribution in [0.5, 0.6) is 11.5 Å². The number of carbonyl (C=O) groups excluding carboxylic acids is 1. The molecule has 25 heavy (non-hydrogen) atoms. The SMILES string of the molecule is O=C(N/N=C\c1cc2c(cc1Br)OCO2)c1cc2cc(Cl)ccc2o1. The Labute approximate surface area is 155 Å². The predicted molar refractivity (Wildman–Crippen MR) is 96.5 cm³/mol. The van der Waals surface area contributed by atoms with E-state index in [1.54, 1.807) is 36.4 Å². The molecule has 6 nitrogen and oxygen atoms in total. The van der Waals surface area contributed by atoms with Gasteiger partial charge in [0, 0.05) is 20.4 Å². The molecule has 4 rings (SSSR count). The number of fused-ring (bicyclic) bond motifs is 2. The van der Waals surface area contributed by atoms with E-state index in [0.29, 0.717) is 22.1 Å². The molecule has 126 valence electrons. The number of hydrogen-bond acceptors (Lipinski definition) is 5. The number of benzene rings is 2. The van der Waals surface area contributed by atoms with Gasteiger partial charge in [0.05, 0.1) is 6.21 Å². The third kappa shape index (κ3) is 3.20. The molecule has 1 aliphatic heterocycles. The largest absolute Gasteiger partial charge is 0.454 e. The highest BCUT2D eigenvalue weighted by Crippen LogP contribution is 2.36. The van der Waals surface area contributed by atoms with Crippen LogP contribution in [-0.2, 0) is 0 Å². The maximum atomic E-state index is 12.2. The average molecular weight is 422 g/mol. The van der Waals surface area contributed by atoms with Crippen molar-refractivity contribution in [3.63, 3.8) is 0 Å². The minimum atomic E-state index is -0.458. The number of amides is 1. The van der Waals surface area contributed by atoms with Gasteiger partial charge in [-0.3, -0.25) is 4.79 Å². The molecule has 0 unspecified atom stereocenters. The standard InChI is InChI=1S/C17H10BrClN2O4/c18-12-6-15-14(23-8-24-15)5-10(12)7-20-21-17(22)16-4-9-3-11(19)1-2-13(9)25-16/h1-7H,8H2,(H,21,22)/b20-7-. The molecule has 0 spiro atoms. The third-order valence-corrected chi connectivity index (χ3v) is 4.49. The Morgan fingerprint density at radius 1 is 1.20 bits per heavy atom. The molecule has 0 fully saturated rings. The normalized spacial score (nSPS) is 12.9. The Morgan fingerprint density at radius 3 is 2.84 bits per heavy atom.